The van der Waals surface area contributed by atoms with Crippen LogP contribution in [0, 0.1) is 21.8 Å². The van der Waals surface area contributed by atoms with Crippen LogP contribution in [0.5, 0.6) is 0 Å². The summed E-state index contributed by atoms with van der Waals surface area (Å²) in [5.41, 5.74) is -0.426. The predicted octanol–water partition coefficient (Wildman–Crippen LogP) is 2.49. The maximum Gasteiger partial charge on any atom is 0.306 e. The number of carbonyl (C=O) groups is 2. The molecule has 0 aromatic heterocycles. The Hall–Kier alpha value is -2.51. The summed E-state index contributed by atoms with van der Waals surface area (Å²) in [6.45, 7) is 2.88. The average Bonchev–Trinajstić information content (AvgIpc) is 2.97. The number of hydrogen-bond acceptors (Lipinski definition) is 4. The Balaban J connectivity index is 1.77. The number of halogens is 1. The first-order valence-corrected chi connectivity index (χ1v) is 8.43. The number of carbonyl (C=O) groups excluding carboxylic acids is 2. The van der Waals surface area contributed by atoms with E-state index in [1.807, 2.05) is 11.8 Å². The monoisotopic (exact) mass is 349 g/mol. The SMILES string of the molecule is CC1CCCCN1C(=O)C1CC(=O)N(c2ccc(F)c([N+](=O)[O-])c2)C1. The van der Waals surface area contributed by atoms with Crippen LogP contribution >= 0.6 is 0 Å². The molecule has 0 N–H and O–H groups in total. The Bertz CT molecular complexity index is 724. The lowest BCUT2D eigenvalue weighted by Gasteiger charge is -2.35. The lowest BCUT2D eigenvalue weighted by atomic mass is 9.99. The maximum atomic E-state index is 13.5. The van der Waals surface area contributed by atoms with Crippen LogP contribution in [-0.2, 0) is 9.59 Å². The average molecular weight is 349 g/mol. The number of nitro groups is 1. The quantitative estimate of drug-likeness (QED) is 0.620. The summed E-state index contributed by atoms with van der Waals surface area (Å²) in [6, 6.07) is 3.51. The highest BCUT2D eigenvalue weighted by molar-refractivity contribution is 6.00. The van der Waals surface area contributed by atoms with E-state index >= 15 is 0 Å². The van der Waals surface area contributed by atoms with E-state index in [1.54, 1.807) is 0 Å². The first-order valence-electron chi connectivity index (χ1n) is 8.43. The first-order chi connectivity index (χ1) is 11.9. The number of nitrogens with zero attached hydrogens (tertiary/aromatic N) is 3. The zero-order chi connectivity index (χ0) is 18.1. The van der Waals surface area contributed by atoms with E-state index in [4.69, 9.17) is 0 Å². The van der Waals surface area contributed by atoms with Crippen LogP contribution in [0.2, 0.25) is 0 Å². The van der Waals surface area contributed by atoms with Gasteiger partial charge in [0.25, 0.3) is 0 Å². The van der Waals surface area contributed by atoms with Gasteiger partial charge >= 0.3 is 5.69 Å². The molecule has 0 radical (unpaired) electrons. The molecule has 2 fully saturated rings. The fraction of sp³-hybridized carbons (Fsp3) is 0.529. The molecule has 8 heteroatoms. The minimum atomic E-state index is -0.949. The molecule has 25 heavy (non-hydrogen) atoms. The van der Waals surface area contributed by atoms with Gasteiger partial charge in [-0.2, -0.15) is 4.39 Å². The number of likely N-dealkylation sites (tertiary alicyclic amines) is 1. The van der Waals surface area contributed by atoms with Crippen LogP contribution in [0.3, 0.4) is 0 Å². The van der Waals surface area contributed by atoms with Crippen LogP contribution in [0.25, 0.3) is 0 Å². The van der Waals surface area contributed by atoms with Gasteiger partial charge < -0.3 is 9.80 Å². The molecule has 0 spiro atoms. The first kappa shape index (κ1) is 17.3. The largest absolute Gasteiger partial charge is 0.340 e. The number of hydrogen-bond donors (Lipinski definition) is 0. The van der Waals surface area contributed by atoms with E-state index in [2.05, 4.69) is 0 Å². The molecule has 1 aromatic carbocycles. The molecule has 3 rings (SSSR count). The molecule has 2 saturated heterocycles. The number of rotatable bonds is 3. The molecule has 7 nitrogen and oxygen atoms in total. The van der Waals surface area contributed by atoms with Crippen LogP contribution in [0.15, 0.2) is 18.2 Å². The Labute approximate surface area is 144 Å². The third kappa shape index (κ3) is 3.33. The minimum absolute atomic E-state index is 0.0420. The normalized spacial score (nSPS) is 23.8. The van der Waals surface area contributed by atoms with Gasteiger partial charge in [0.1, 0.15) is 0 Å². The lowest BCUT2D eigenvalue weighted by molar-refractivity contribution is -0.387. The van der Waals surface area contributed by atoms with Crippen molar-refractivity contribution in [2.24, 2.45) is 5.92 Å². The Morgan fingerprint density at radius 1 is 1.36 bits per heavy atom. The van der Waals surface area contributed by atoms with Crippen LogP contribution < -0.4 is 4.90 Å². The maximum absolute atomic E-state index is 13.5. The second-order valence-electron chi connectivity index (χ2n) is 6.67. The van der Waals surface area contributed by atoms with Crippen LogP contribution in [0.1, 0.15) is 32.6 Å². The second-order valence-corrected chi connectivity index (χ2v) is 6.67. The molecule has 0 bridgehead atoms. The highest BCUT2D eigenvalue weighted by Crippen LogP contribution is 2.31. The summed E-state index contributed by atoms with van der Waals surface area (Å²) in [4.78, 5) is 38.3. The van der Waals surface area contributed by atoms with E-state index in [0.29, 0.717) is 6.54 Å². The van der Waals surface area contributed by atoms with Crippen molar-refractivity contribution in [3.8, 4) is 0 Å². The third-order valence-corrected chi connectivity index (χ3v) is 5.00. The van der Waals surface area contributed by atoms with Crippen molar-refractivity contribution in [3.05, 3.63) is 34.1 Å². The summed E-state index contributed by atoms with van der Waals surface area (Å²) in [7, 11) is 0. The number of nitro benzene ring substituents is 1. The molecule has 2 aliphatic rings. The van der Waals surface area contributed by atoms with Gasteiger partial charge in [0.05, 0.1) is 16.5 Å². The molecule has 0 saturated carbocycles. The summed E-state index contributed by atoms with van der Waals surface area (Å²) >= 11 is 0. The molecular weight excluding hydrogens is 329 g/mol. The van der Waals surface area contributed by atoms with E-state index in [-0.39, 0.29) is 36.5 Å². The summed E-state index contributed by atoms with van der Waals surface area (Å²) in [5.74, 6) is -1.73. The number of amides is 2. The van der Waals surface area contributed by atoms with E-state index in [0.717, 1.165) is 31.4 Å². The molecule has 2 unspecified atom stereocenters. The van der Waals surface area contributed by atoms with Crippen molar-refractivity contribution < 1.29 is 18.9 Å². The number of piperidine rings is 1. The highest BCUT2D eigenvalue weighted by Gasteiger charge is 2.39. The molecule has 134 valence electrons. The van der Waals surface area contributed by atoms with Gasteiger partial charge in [0.2, 0.25) is 17.6 Å². The van der Waals surface area contributed by atoms with Gasteiger partial charge in [0.15, 0.2) is 0 Å². The Morgan fingerprint density at radius 3 is 2.80 bits per heavy atom. The topological polar surface area (TPSA) is 83.8 Å². The minimum Gasteiger partial charge on any atom is -0.340 e. The molecule has 2 amide bonds. The molecular formula is C17H20FN3O4. The summed E-state index contributed by atoms with van der Waals surface area (Å²) < 4.78 is 13.5. The zero-order valence-electron chi connectivity index (χ0n) is 14.0. The van der Waals surface area contributed by atoms with Crippen LogP contribution in [-0.4, -0.2) is 40.8 Å². The standard InChI is InChI=1S/C17H20FN3O4/c1-11-4-2-3-7-19(11)17(23)12-8-16(22)20(10-12)13-5-6-14(18)15(9-13)21(24)25/h5-6,9,11-12H,2-4,7-8,10H2,1H3. The third-order valence-electron chi connectivity index (χ3n) is 5.00. The van der Waals surface area contributed by atoms with Gasteiger partial charge in [-0.25, -0.2) is 0 Å². The van der Waals surface area contributed by atoms with Crippen molar-refractivity contribution in [1.29, 1.82) is 0 Å². The molecule has 2 aliphatic heterocycles. The fourth-order valence-electron chi connectivity index (χ4n) is 3.59. The van der Waals surface area contributed by atoms with E-state index in [9.17, 15) is 24.1 Å². The summed E-state index contributed by atoms with van der Waals surface area (Å²) in [5, 5.41) is 10.9. The van der Waals surface area contributed by atoms with Gasteiger partial charge in [-0.3, -0.25) is 19.7 Å². The molecule has 2 heterocycles. The second kappa shape index (κ2) is 6.78. The van der Waals surface area contributed by atoms with Crippen molar-refractivity contribution in [1.82, 2.24) is 4.90 Å². The van der Waals surface area contributed by atoms with Crippen molar-refractivity contribution in [2.75, 3.05) is 18.0 Å². The highest BCUT2D eigenvalue weighted by atomic mass is 19.1. The number of benzene rings is 1. The van der Waals surface area contributed by atoms with Gasteiger partial charge in [0, 0.05) is 31.6 Å². The predicted molar refractivity (Wildman–Crippen MR) is 88.5 cm³/mol. The Morgan fingerprint density at radius 2 is 2.12 bits per heavy atom. The van der Waals surface area contributed by atoms with E-state index in [1.165, 1.54) is 11.0 Å². The lowest BCUT2D eigenvalue weighted by Crippen LogP contribution is -2.45. The zero-order valence-corrected chi connectivity index (χ0v) is 14.0. The van der Waals surface area contributed by atoms with Gasteiger partial charge in [-0.15, -0.1) is 0 Å². The van der Waals surface area contributed by atoms with Crippen molar-refractivity contribution >= 4 is 23.2 Å². The smallest absolute Gasteiger partial charge is 0.306 e. The van der Waals surface area contributed by atoms with Crippen LogP contribution in [0.4, 0.5) is 15.8 Å². The Kier molecular flexibility index (Phi) is 4.69. The molecule has 0 aliphatic carbocycles. The fourth-order valence-corrected chi connectivity index (χ4v) is 3.59. The summed E-state index contributed by atoms with van der Waals surface area (Å²) in [6.07, 6.45) is 3.10. The van der Waals surface area contributed by atoms with Crippen molar-refractivity contribution in [2.45, 2.75) is 38.6 Å². The van der Waals surface area contributed by atoms with Gasteiger partial charge in [-0.1, -0.05) is 0 Å². The van der Waals surface area contributed by atoms with Gasteiger partial charge in [-0.05, 0) is 38.3 Å². The number of anilines is 1. The molecule has 1 aromatic rings. The van der Waals surface area contributed by atoms with Crippen molar-refractivity contribution in [3.63, 3.8) is 0 Å². The van der Waals surface area contributed by atoms with E-state index < -0.39 is 22.3 Å². The molecule has 2 atom stereocenters.